The molecule has 6 nitrogen and oxygen atoms in total. The number of ether oxygens (including phenoxy) is 2. The van der Waals surface area contributed by atoms with Gasteiger partial charge in [0.2, 0.25) is 5.95 Å². The first-order chi connectivity index (χ1) is 12.7. The van der Waals surface area contributed by atoms with Gasteiger partial charge in [0.1, 0.15) is 0 Å². The average Bonchev–Trinajstić information content (AvgIpc) is 2.68. The van der Waals surface area contributed by atoms with Gasteiger partial charge >= 0.3 is 0 Å². The highest BCUT2D eigenvalue weighted by Crippen LogP contribution is 2.36. The largest absolute Gasteiger partial charge is 0.492 e. The van der Waals surface area contributed by atoms with E-state index < -0.39 is 0 Å². The van der Waals surface area contributed by atoms with Crippen LogP contribution in [0.5, 0.6) is 11.5 Å². The third kappa shape index (κ3) is 4.65. The van der Waals surface area contributed by atoms with E-state index in [9.17, 15) is 0 Å². The van der Waals surface area contributed by atoms with Crippen molar-refractivity contribution in [2.24, 2.45) is 0 Å². The number of hydrogen-bond donors (Lipinski definition) is 1. The second kappa shape index (κ2) is 9.19. The van der Waals surface area contributed by atoms with E-state index in [0.29, 0.717) is 12.6 Å². The molecule has 0 aliphatic carbocycles. The molecule has 1 aliphatic heterocycles. The topological polar surface area (TPSA) is 59.5 Å². The van der Waals surface area contributed by atoms with Crippen LogP contribution in [0.1, 0.15) is 25.3 Å². The number of nitrogens with zero attached hydrogens (tertiary/aromatic N) is 3. The Balaban J connectivity index is 1.55. The maximum Gasteiger partial charge on any atom is 0.225 e. The molecular weight excluding hydrogens is 396 g/mol. The summed E-state index contributed by atoms with van der Waals surface area (Å²) >= 11 is 3.57. The zero-order valence-corrected chi connectivity index (χ0v) is 16.8. The summed E-state index contributed by atoms with van der Waals surface area (Å²) < 4.78 is 12.0. The number of halogens is 1. The summed E-state index contributed by atoms with van der Waals surface area (Å²) in [6.45, 7) is 5.33. The molecule has 0 amide bonds. The van der Waals surface area contributed by atoms with Crippen molar-refractivity contribution in [3.63, 3.8) is 0 Å². The van der Waals surface area contributed by atoms with Crippen LogP contribution in [0.4, 0.5) is 5.95 Å². The van der Waals surface area contributed by atoms with Crippen molar-refractivity contribution in [2.75, 3.05) is 31.7 Å². The molecular formula is C19H25BrN4O2. The van der Waals surface area contributed by atoms with E-state index in [4.69, 9.17) is 9.47 Å². The first-order valence-electron chi connectivity index (χ1n) is 8.95. The number of piperidine rings is 1. The molecule has 1 aliphatic rings. The minimum Gasteiger partial charge on any atom is -0.492 e. The van der Waals surface area contributed by atoms with Crippen molar-refractivity contribution in [3.05, 3.63) is 40.6 Å². The lowest BCUT2D eigenvalue weighted by molar-refractivity contribution is 0.309. The molecule has 2 heterocycles. The molecule has 140 valence electrons. The molecule has 1 saturated heterocycles. The van der Waals surface area contributed by atoms with Crippen LogP contribution in [0.15, 0.2) is 35.1 Å². The fourth-order valence-corrected chi connectivity index (χ4v) is 3.84. The Kier molecular flexibility index (Phi) is 6.68. The molecule has 2 aromatic rings. The van der Waals surface area contributed by atoms with Gasteiger partial charge in [-0.1, -0.05) is 0 Å². The van der Waals surface area contributed by atoms with Crippen molar-refractivity contribution >= 4 is 21.9 Å². The molecule has 1 N–H and O–H groups in total. The Morgan fingerprint density at radius 2 is 1.96 bits per heavy atom. The van der Waals surface area contributed by atoms with Crippen molar-refractivity contribution in [2.45, 2.75) is 32.4 Å². The van der Waals surface area contributed by atoms with Crippen LogP contribution in [-0.2, 0) is 6.54 Å². The van der Waals surface area contributed by atoms with Crippen LogP contribution in [0.3, 0.4) is 0 Å². The first kappa shape index (κ1) is 18.9. The van der Waals surface area contributed by atoms with Crippen LogP contribution < -0.4 is 19.7 Å². The fraction of sp³-hybridized carbons (Fsp3) is 0.474. The maximum absolute atomic E-state index is 5.70. The Labute approximate surface area is 163 Å². The highest BCUT2D eigenvalue weighted by molar-refractivity contribution is 9.10. The second-order valence-corrected chi connectivity index (χ2v) is 7.09. The molecule has 1 aromatic carbocycles. The Bertz CT molecular complexity index is 706. The number of rotatable bonds is 7. The summed E-state index contributed by atoms with van der Waals surface area (Å²) in [5, 5.41) is 3.66. The SMILES string of the molecule is CCOc1cc(CNC2CCN(c3ncccn3)CC2)cc(Br)c1OC. The second-order valence-electron chi connectivity index (χ2n) is 6.23. The zero-order chi connectivity index (χ0) is 18.4. The van der Waals surface area contributed by atoms with E-state index >= 15 is 0 Å². The molecule has 0 bridgehead atoms. The Morgan fingerprint density at radius 3 is 2.62 bits per heavy atom. The number of nitrogens with one attached hydrogen (secondary N) is 1. The highest BCUT2D eigenvalue weighted by Gasteiger charge is 2.20. The molecule has 1 fully saturated rings. The van der Waals surface area contributed by atoms with Gasteiger partial charge in [0.15, 0.2) is 11.5 Å². The average molecular weight is 421 g/mol. The van der Waals surface area contributed by atoms with Gasteiger partial charge in [-0.05, 0) is 59.5 Å². The van der Waals surface area contributed by atoms with Crippen molar-refractivity contribution in [1.29, 1.82) is 0 Å². The number of aromatic nitrogens is 2. The van der Waals surface area contributed by atoms with E-state index in [-0.39, 0.29) is 0 Å². The fourth-order valence-electron chi connectivity index (χ4n) is 3.18. The zero-order valence-electron chi connectivity index (χ0n) is 15.2. The molecule has 0 unspecified atom stereocenters. The minimum absolute atomic E-state index is 0.492. The summed E-state index contributed by atoms with van der Waals surface area (Å²) in [5.41, 5.74) is 1.18. The number of anilines is 1. The van der Waals surface area contributed by atoms with E-state index in [1.165, 1.54) is 5.56 Å². The highest BCUT2D eigenvalue weighted by atomic mass is 79.9. The van der Waals surface area contributed by atoms with Crippen LogP contribution >= 0.6 is 15.9 Å². The van der Waals surface area contributed by atoms with Crippen molar-refractivity contribution in [3.8, 4) is 11.5 Å². The lowest BCUT2D eigenvalue weighted by atomic mass is 10.0. The van der Waals surface area contributed by atoms with Gasteiger partial charge in [0.25, 0.3) is 0 Å². The van der Waals surface area contributed by atoms with E-state index in [1.54, 1.807) is 19.5 Å². The summed E-state index contributed by atoms with van der Waals surface area (Å²) in [4.78, 5) is 10.9. The number of benzene rings is 1. The van der Waals surface area contributed by atoms with Gasteiger partial charge in [0, 0.05) is 38.1 Å². The number of methoxy groups -OCH3 is 1. The number of hydrogen-bond acceptors (Lipinski definition) is 6. The van der Waals surface area contributed by atoms with Crippen molar-refractivity contribution in [1.82, 2.24) is 15.3 Å². The van der Waals surface area contributed by atoms with Crippen LogP contribution in [0.2, 0.25) is 0 Å². The van der Waals surface area contributed by atoms with Gasteiger partial charge < -0.3 is 19.7 Å². The predicted molar refractivity (Wildman–Crippen MR) is 106 cm³/mol. The monoisotopic (exact) mass is 420 g/mol. The molecule has 0 radical (unpaired) electrons. The van der Waals surface area contributed by atoms with E-state index in [2.05, 4.69) is 42.2 Å². The molecule has 26 heavy (non-hydrogen) atoms. The normalized spacial score (nSPS) is 15.1. The summed E-state index contributed by atoms with van der Waals surface area (Å²) in [7, 11) is 1.66. The summed E-state index contributed by atoms with van der Waals surface area (Å²) in [5.74, 6) is 2.34. The quantitative estimate of drug-likeness (QED) is 0.740. The molecule has 0 atom stereocenters. The van der Waals surface area contributed by atoms with Gasteiger partial charge in [-0.2, -0.15) is 0 Å². The van der Waals surface area contributed by atoms with Gasteiger partial charge in [-0.3, -0.25) is 0 Å². The molecule has 0 saturated carbocycles. The maximum atomic E-state index is 5.70. The third-order valence-electron chi connectivity index (χ3n) is 4.50. The minimum atomic E-state index is 0.492. The molecule has 7 heteroatoms. The molecule has 0 spiro atoms. The van der Waals surface area contributed by atoms with Crippen LogP contribution in [-0.4, -0.2) is 42.8 Å². The molecule has 1 aromatic heterocycles. The smallest absolute Gasteiger partial charge is 0.225 e. The van der Waals surface area contributed by atoms with Gasteiger partial charge in [0.05, 0.1) is 18.2 Å². The Hall–Kier alpha value is -1.86. The third-order valence-corrected chi connectivity index (χ3v) is 5.09. The van der Waals surface area contributed by atoms with Gasteiger partial charge in [-0.15, -0.1) is 0 Å². The lowest BCUT2D eigenvalue weighted by Gasteiger charge is -2.32. The predicted octanol–water partition coefficient (Wildman–Crippen LogP) is 3.41. The molecule has 3 rings (SSSR count). The van der Waals surface area contributed by atoms with Crippen LogP contribution in [0.25, 0.3) is 0 Å². The van der Waals surface area contributed by atoms with E-state index in [0.717, 1.165) is 54.4 Å². The standard InChI is InChI=1S/C19H25BrN4O2/c1-3-26-17-12-14(11-16(20)18(17)25-2)13-23-15-5-9-24(10-6-15)19-21-7-4-8-22-19/h4,7-8,11-12,15,23H,3,5-6,9-10,13H2,1-2H3. The van der Waals surface area contributed by atoms with E-state index in [1.807, 2.05) is 19.1 Å². The summed E-state index contributed by atoms with van der Waals surface area (Å²) in [6, 6.07) is 6.47. The van der Waals surface area contributed by atoms with Crippen molar-refractivity contribution < 1.29 is 9.47 Å². The summed E-state index contributed by atoms with van der Waals surface area (Å²) in [6.07, 6.45) is 5.75. The lowest BCUT2D eigenvalue weighted by Crippen LogP contribution is -2.42. The van der Waals surface area contributed by atoms with Crippen LogP contribution in [0, 0.1) is 0 Å². The first-order valence-corrected chi connectivity index (χ1v) is 9.75. The Morgan fingerprint density at radius 1 is 1.23 bits per heavy atom. The van der Waals surface area contributed by atoms with Gasteiger partial charge in [-0.25, -0.2) is 9.97 Å².